The molecule has 1 fully saturated rings. The van der Waals surface area contributed by atoms with E-state index in [0.29, 0.717) is 13.0 Å². The van der Waals surface area contributed by atoms with E-state index >= 15 is 0 Å². The first-order chi connectivity index (χ1) is 5.61. The van der Waals surface area contributed by atoms with Gasteiger partial charge < -0.3 is 4.90 Å². The zero-order valence-corrected chi connectivity index (χ0v) is 7.85. The summed E-state index contributed by atoms with van der Waals surface area (Å²) in [6.45, 7) is 2.48. The van der Waals surface area contributed by atoms with Crippen molar-refractivity contribution < 1.29 is 9.18 Å². The van der Waals surface area contributed by atoms with E-state index in [-0.39, 0.29) is 12.5 Å². The molecular weight excluding hydrogens is 181 g/mol. The number of hydrogen-bond acceptors (Lipinski definition) is 1. The molecule has 0 aromatic carbocycles. The molecule has 2 nitrogen and oxygen atoms in total. The van der Waals surface area contributed by atoms with Crippen LogP contribution >= 0.6 is 11.6 Å². The molecule has 1 amide bonds. The minimum absolute atomic E-state index is 0.154. The summed E-state index contributed by atoms with van der Waals surface area (Å²) in [5, 5.41) is -0.532. The Balaban J connectivity index is 2.46. The number of piperidine rings is 1. The molecule has 0 bridgehead atoms. The van der Waals surface area contributed by atoms with Crippen LogP contribution < -0.4 is 0 Å². The quantitative estimate of drug-likeness (QED) is 0.579. The Labute approximate surface area is 76.7 Å². The summed E-state index contributed by atoms with van der Waals surface area (Å²) in [4.78, 5) is 12.8. The lowest BCUT2D eigenvalue weighted by Crippen LogP contribution is -2.43. The molecule has 2 atom stereocenters. The van der Waals surface area contributed by atoms with Crippen molar-refractivity contribution in [2.24, 2.45) is 0 Å². The highest BCUT2D eigenvalue weighted by Gasteiger charge is 2.25. The van der Waals surface area contributed by atoms with Gasteiger partial charge in [0.15, 0.2) is 0 Å². The molecule has 0 aromatic heterocycles. The van der Waals surface area contributed by atoms with Crippen molar-refractivity contribution in [3.63, 3.8) is 0 Å². The molecular formula is C8H13ClFNO. The van der Waals surface area contributed by atoms with Gasteiger partial charge in [-0.05, 0) is 19.8 Å². The summed E-state index contributed by atoms with van der Waals surface area (Å²) in [6.07, 6.45) is 0.454. The number of halogens is 2. The average Bonchev–Trinajstić information content (AvgIpc) is 2.03. The van der Waals surface area contributed by atoms with Crippen LogP contribution in [0.15, 0.2) is 0 Å². The first-order valence-corrected chi connectivity index (χ1v) is 4.62. The van der Waals surface area contributed by atoms with E-state index in [1.807, 2.05) is 0 Å². The van der Waals surface area contributed by atoms with Crippen molar-refractivity contribution in [2.45, 2.75) is 31.3 Å². The van der Waals surface area contributed by atoms with Crippen LogP contribution in [0.5, 0.6) is 0 Å². The Morgan fingerprint density at radius 3 is 2.92 bits per heavy atom. The lowest BCUT2D eigenvalue weighted by atomic mass is 10.1. The summed E-state index contributed by atoms with van der Waals surface area (Å²) in [7, 11) is 0. The van der Waals surface area contributed by atoms with Crippen molar-refractivity contribution >= 4 is 17.5 Å². The fraction of sp³-hybridized carbons (Fsp3) is 0.875. The maximum Gasteiger partial charge on any atom is 0.240 e. The Hall–Kier alpha value is -0.310. The predicted octanol–water partition coefficient (Wildman–Crippen LogP) is 1.57. The van der Waals surface area contributed by atoms with E-state index in [2.05, 4.69) is 0 Å². The molecule has 4 heteroatoms. The molecule has 0 N–H and O–H groups in total. The maximum absolute atomic E-state index is 12.8. The summed E-state index contributed by atoms with van der Waals surface area (Å²) < 4.78 is 12.8. The van der Waals surface area contributed by atoms with Crippen LogP contribution in [0.2, 0.25) is 0 Å². The van der Waals surface area contributed by atoms with Gasteiger partial charge in [-0.1, -0.05) is 0 Å². The molecule has 1 aliphatic rings. The third kappa shape index (κ3) is 2.34. The highest BCUT2D eigenvalue weighted by molar-refractivity contribution is 6.30. The SMILES string of the molecule is C[C@@H](Cl)C(=O)N1CCC[C@@H](F)C1. The minimum Gasteiger partial charge on any atom is -0.339 e. The smallest absolute Gasteiger partial charge is 0.240 e. The zero-order valence-electron chi connectivity index (χ0n) is 7.09. The number of nitrogens with zero attached hydrogens (tertiary/aromatic N) is 1. The molecule has 12 heavy (non-hydrogen) atoms. The number of likely N-dealkylation sites (tertiary alicyclic amines) is 1. The van der Waals surface area contributed by atoms with Crippen LogP contribution in [0.25, 0.3) is 0 Å². The first kappa shape index (κ1) is 9.78. The highest BCUT2D eigenvalue weighted by atomic mass is 35.5. The lowest BCUT2D eigenvalue weighted by molar-refractivity contribution is -0.132. The van der Waals surface area contributed by atoms with Crippen LogP contribution in [0.4, 0.5) is 4.39 Å². The number of alkyl halides is 2. The number of carbonyl (C=O) groups excluding carboxylic acids is 1. The standard InChI is InChI=1S/C8H13ClFNO/c1-6(9)8(12)11-4-2-3-7(10)5-11/h6-7H,2-5H2,1H3/t6-,7-/m1/s1. The second-order valence-electron chi connectivity index (χ2n) is 3.14. The Morgan fingerprint density at radius 2 is 2.42 bits per heavy atom. The van der Waals surface area contributed by atoms with Gasteiger partial charge in [0.2, 0.25) is 5.91 Å². The summed E-state index contributed by atoms with van der Waals surface area (Å²) >= 11 is 5.60. The van der Waals surface area contributed by atoms with Crippen LogP contribution in [-0.4, -0.2) is 35.4 Å². The largest absolute Gasteiger partial charge is 0.339 e. The molecule has 0 spiro atoms. The second kappa shape index (κ2) is 4.08. The molecule has 0 radical (unpaired) electrons. The van der Waals surface area contributed by atoms with E-state index in [0.717, 1.165) is 6.42 Å². The number of rotatable bonds is 1. The highest BCUT2D eigenvalue weighted by Crippen LogP contribution is 2.14. The van der Waals surface area contributed by atoms with E-state index < -0.39 is 11.5 Å². The van der Waals surface area contributed by atoms with Gasteiger partial charge in [-0.25, -0.2) is 4.39 Å². The third-order valence-electron chi connectivity index (χ3n) is 2.02. The van der Waals surface area contributed by atoms with Gasteiger partial charge in [0.05, 0.1) is 6.54 Å². The van der Waals surface area contributed by atoms with E-state index in [4.69, 9.17) is 11.6 Å². The summed E-state index contributed by atoms with van der Waals surface area (Å²) in [5.74, 6) is -0.154. The minimum atomic E-state index is -0.863. The van der Waals surface area contributed by atoms with Crippen LogP contribution in [0.3, 0.4) is 0 Å². The molecule has 1 saturated heterocycles. The first-order valence-electron chi connectivity index (χ1n) is 4.18. The fourth-order valence-corrected chi connectivity index (χ4v) is 1.52. The topological polar surface area (TPSA) is 20.3 Å². The lowest BCUT2D eigenvalue weighted by Gasteiger charge is -2.29. The maximum atomic E-state index is 12.8. The van der Waals surface area contributed by atoms with Crippen LogP contribution in [0, 0.1) is 0 Å². The molecule has 1 heterocycles. The average molecular weight is 194 g/mol. The Kier molecular flexibility index (Phi) is 3.32. The van der Waals surface area contributed by atoms with E-state index in [9.17, 15) is 9.18 Å². The van der Waals surface area contributed by atoms with Crippen LogP contribution in [-0.2, 0) is 4.79 Å². The second-order valence-corrected chi connectivity index (χ2v) is 3.79. The monoisotopic (exact) mass is 193 g/mol. The molecule has 70 valence electrons. The van der Waals surface area contributed by atoms with Gasteiger partial charge >= 0.3 is 0 Å². The van der Waals surface area contributed by atoms with Gasteiger partial charge in [-0.3, -0.25) is 4.79 Å². The molecule has 0 aromatic rings. The number of hydrogen-bond donors (Lipinski definition) is 0. The normalized spacial score (nSPS) is 26.9. The zero-order chi connectivity index (χ0) is 9.14. The van der Waals surface area contributed by atoms with Crippen molar-refractivity contribution in [2.75, 3.05) is 13.1 Å². The van der Waals surface area contributed by atoms with E-state index in [1.165, 1.54) is 4.90 Å². The van der Waals surface area contributed by atoms with Crippen LogP contribution in [0.1, 0.15) is 19.8 Å². The van der Waals surface area contributed by atoms with Crippen molar-refractivity contribution in [1.29, 1.82) is 0 Å². The van der Waals surface area contributed by atoms with Crippen molar-refractivity contribution in [3.8, 4) is 0 Å². The van der Waals surface area contributed by atoms with Gasteiger partial charge in [0.1, 0.15) is 11.5 Å². The Morgan fingerprint density at radius 1 is 1.75 bits per heavy atom. The molecule has 1 aliphatic heterocycles. The third-order valence-corrected chi connectivity index (χ3v) is 2.20. The van der Waals surface area contributed by atoms with Gasteiger partial charge in [0, 0.05) is 6.54 Å². The number of amides is 1. The predicted molar refractivity (Wildman–Crippen MR) is 46.0 cm³/mol. The Bertz CT molecular complexity index is 174. The van der Waals surface area contributed by atoms with Crippen molar-refractivity contribution in [3.05, 3.63) is 0 Å². The molecule has 1 rings (SSSR count). The summed E-state index contributed by atoms with van der Waals surface area (Å²) in [5.41, 5.74) is 0. The van der Waals surface area contributed by atoms with Gasteiger partial charge in [0.25, 0.3) is 0 Å². The molecule has 0 saturated carbocycles. The van der Waals surface area contributed by atoms with Crippen molar-refractivity contribution in [1.82, 2.24) is 4.90 Å². The molecule has 0 unspecified atom stereocenters. The number of carbonyl (C=O) groups is 1. The summed E-state index contributed by atoms with van der Waals surface area (Å²) in [6, 6.07) is 0. The molecule has 0 aliphatic carbocycles. The fourth-order valence-electron chi connectivity index (χ4n) is 1.38. The van der Waals surface area contributed by atoms with E-state index in [1.54, 1.807) is 6.92 Å². The van der Waals surface area contributed by atoms with Gasteiger partial charge in [-0.15, -0.1) is 11.6 Å². The van der Waals surface area contributed by atoms with Gasteiger partial charge in [-0.2, -0.15) is 0 Å².